The van der Waals surface area contributed by atoms with Crippen molar-refractivity contribution >= 4 is 5.91 Å². The molecule has 0 aliphatic carbocycles. The van der Waals surface area contributed by atoms with E-state index in [1.165, 1.54) is 11.1 Å². The molecule has 1 amide bonds. The molecule has 6 heteroatoms. The van der Waals surface area contributed by atoms with Crippen LogP contribution in [0.4, 0.5) is 0 Å². The maximum absolute atomic E-state index is 12.2. The SMILES string of the molecule is Cc1ccccc1CCNC(=O)COc1ccccc1-c1nnc(-c2ccccc2)o1. The normalized spacial score (nSPS) is 10.6. The molecule has 0 saturated carbocycles. The fraction of sp³-hybridized carbons (Fsp3) is 0.160. The molecule has 3 aromatic carbocycles. The van der Waals surface area contributed by atoms with Gasteiger partial charge in [-0.1, -0.05) is 54.6 Å². The number of benzene rings is 3. The minimum atomic E-state index is -0.182. The van der Waals surface area contributed by atoms with E-state index >= 15 is 0 Å². The van der Waals surface area contributed by atoms with E-state index in [2.05, 4.69) is 34.6 Å². The minimum Gasteiger partial charge on any atom is -0.483 e. The summed E-state index contributed by atoms with van der Waals surface area (Å²) in [4.78, 5) is 12.2. The van der Waals surface area contributed by atoms with Crippen LogP contribution in [0.5, 0.6) is 5.75 Å². The van der Waals surface area contributed by atoms with Gasteiger partial charge in [0.1, 0.15) is 5.75 Å². The van der Waals surface area contributed by atoms with Crippen molar-refractivity contribution in [2.75, 3.05) is 13.2 Å². The smallest absolute Gasteiger partial charge is 0.257 e. The van der Waals surface area contributed by atoms with E-state index in [0.29, 0.717) is 29.6 Å². The number of nitrogens with zero attached hydrogens (tertiary/aromatic N) is 2. The Kier molecular flexibility index (Phi) is 6.38. The molecule has 156 valence electrons. The summed E-state index contributed by atoms with van der Waals surface area (Å²) in [5.41, 5.74) is 3.92. The van der Waals surface area contributed by atoms with Crippen LogP contribution in [0.2, 0.25) is 0 Å². The van der Waals surface area contributed by atoms with Crippen LogP contribution in [0.15, 0.2) is 83.3 Å². The maximum atomic E-state index is 12.2. The lowest BCUT2D eigenvalue weighted by atomic mass is 10.1. The molecule has 4 rings (SSSR count). The second-order valence-corrected chi connectivity index (χ2v) is 7.09. The zero-order valence-electron chi connectivity index (χ0n) is 17.2. The molecule has 31 heavy (non-hydrogen) atoms. The van der Waals surface area contributed by atoms with Crippen LogP contribution in [0.1, 0.15) is 11.1 Å². The van der Waals surface area contributed by atoms with Crippen molar-refractivity contribution in [3.8, 4) is 28.7 Å². The Labute approximate surface area is 180 Å². The van der Waals surface area contributed by atoms with Crippen LogP contribution in [-0.2, 0) is 11.2 Å². The molecular formula is C25H23N3O3. The van der Waals surface area contributed by atoms with Gasteiger partial charge in [0, 0.05) is 12.1 Å². The Morgan fingerprint density at radius 3 is 2.45 bits per heavy atom. The van der Waals surface area contributed by atoms with Gasteiger partial charge in [-0.25, -0.2) is 0 Å². The van der Waals surface area contributed by atoms with Crippen molar-refractivity contribution in [1.82, 2.24) is 15.5 Å². The number of carbonyl (C=O) groups excluding carboxylic acids is 1. The van der Waals surface area contributed by atoms with Crippen molar-refractivity contribution in [3.05, 3.63) is 90.0 Å². The highest BCUT2D eigenvalue weighted by Crippen LogP contribution is 2.30. The molecule has 1 N–H and O–H groups in total. The van der Waals surface area contributed by atoms with Crippen molar-refractivity contribution in [3.63, 3.8) is 0 Å². The van der Waals surface area contributed by atoms with Crippen LogP contribution in [-0.4, -0.2) is 29.3 Å². The zero-order chi connectivity index (χ0) is 21.5. The summed E-state index contributed by atoms with van der Waals surface area (Å²) >= 11 is 0. The van der Waals surface area contributed by atoms with Gasteiger partial charge in [0.05, 0.1) is 5.56 Å². The molecule has 0 radical (unpaired) electrons. The quantitative estimate of drug-likeness (QED) is 0.462. The van der Waals surface area contributed by atoms with Gasteiger partial charge in [-0.2, -0.15) is 0 Å². The van der Waals surface area contributed by atoms with Gasteiger partial charge in [-0.05, 0) is 48.7 Å². The molecular weight excluding hydrogens is 390 g/mol. The molecule has 0 spiro atoms. The van der Waals surface area contributed by atoms with Crippen LogP contribution < -0.4 is 10.1 Å². The predicted molar refractivity (Wildman–Crippen MR) is 119 cm³/mol. The predicted octanol–water partition coefficient (Wildman–Crippen LogP) is 4.45. The molecule has 0 aliphatic heterocycles. The first kappa shape index (κ1) is 20.3. The molecule has 1 aromatic heterocycles. The first-order valence-electron chi connectivity index (χ1n) is 10.1. The monoisotopic (exact) mass is 413 g/mol. The van der Waals surface area contributed by atoms with Crippen molar-refractivity contribution in [1.29, 1.82) is 0 Å². The molecule has 4 aromatic rings. The molecule has 0 saturated heterocycles. The summed E-state index contributed by atoms with van der Waals surface area (Å²) < 4.78 is 11.6. The number of hydrogen-bond donors (Lipinski definition) is 1. The fourth-order valence-corrected chi connectivity index (χ4v) is 3.22. The Morgan fingerprint density at radius 2 is 1.61 bits per heavy atom. The van der Waals surface area contributed by atoms with Crippen molar-refractivity contribution in [2.24, 2.45) is 0 Å². The molecule has 1 heterocycles. The standard InChI is InChI=1S/C25H23N3O3/c1-18-9-5-6-10-19(18)15-16-26-23(29)17-30-22-14-8-7-13-21(22)25-28-27-24(31-25)20-11-3-2-4-12-20/h2-14H,15-17H2,1H3,(H,26,29). The molecule has 0 bridgehead atoms. The van der Waals surface area contributed by atoms with Gasteiger partial charge in [-0.3, -0.25) is 4.79 Å². The van der Waals surface area contributed by atoms with E-state index < -0.39 is 0 Å². The Hall–Kier alpha value is -3.93. The highest BCUT2D eigenvalue weighted by atomic mass is 16.5. The third-order valence-electron chi connectivity index (χ3n) is 4.90. The Balaban J connectivity index is 1.36. The zero-order valence-corrected chi connectivity index (χ0v) is 17.2. The number of aryl methyl sites for hydroxylation is 1. The third kappa shape index (κ3) is 5.17. The topological polar surface area (TPSA) is 77.2 Å². The minimum absolute atomic E-state index is 0.0928. The number of amides is 1. The average molecular weight is 413 g/mol. The van der Waals surface area contributed by atoms with Crippen LogP contribution in [0.3, 0.4) is 0 Å². The summed E-state index contributed by atoms with van der Waals surface area (Å²) in [5, 5.41) is 11.2. The van der Waals surface area contributed by atoms with Crippen molar-refractivity contribution < 1.29 is 13.9 Å². The largest absolute Gasteiger partial charge is 0.483 e. The molecule has 0 fully saturated rings. The lowest BCUT2D eigenvalue weighted by molar-refractivity contribution is -0.123. The number of aromatic nitrogens is 2. The first-order chi connectivity index (χ1) is 15.2. The van der Waals surface area contributed by atoms with Crippen LogP contribution in [0.25, 0.3) is 22.9 Å². The number of para-hydroxylation sites is 1. The lowest BCUT2D eigenvalue weighted by Gasteiger charge is -2.10. The summed E-state index contributed by atoms with van der Waals surface area (Å²) in [6.45, 7) is 2.53. The number of hydrogen-bond acceptors (Lipinski definition) is 5. The maximum Gasteiger partial charge on any atom is 0.257 e. The Bertz CT molecular complexity index is 1160. The van der Waals surface area contributed by atoms with E-state index in [1.807, 2.05) is 60.7 Å². The van der Waals surface area contributed by atoms with Crippen LogP contribution in [0, 0.1) is 6.92 Å². The van der Waals surface area contributed by atoms with E-state index in [9.17, 15) is 4.79 Å². The van der Waals surface area contributed by atoms with E-state index in [1.54, 1.807) is 6.07 Å². The number of nitrogens with one attached hydrogen (secondary N) is 1. The fourth-order valence-electron chi connectivity index (χ4n) is 3.22. The summed E-state index contributed by atoms with van der Waals surface area (Å²) in [5.74, 6) is 1.10. The van der Waals surface area contributed by atoms with E-state index in [0.717, 1.165) is 12.0 Å². The second-order valence-electron chi connectivity index (χ2n) is 7.09. The van der Waals surface area contributed by atoms with Gasteiger partial charge in [0.2, 0.25) is 5.89 Å². The summed E-state index contributed by atoms with van der Waals surface area (Å²) in [7, 11) is 0. The number of ether oxygens (including phenoxy) is 1. The van der Waals surface area contributed by atoms with Gasteiger partial charge in [0.15, 0.2) is 6.61 Å². The van der Waals surface area contributed by atoms with E-state index in [-0.39, 0.29) is 12.5 Å². The molecule has 6 nitrogen and oxygen atoms in total. The average Bonchev–Trinajstić information content (AvgIpc) is 3.30. The van der Waals surface area contributed by atoms with Crippen LogP contribution >= 0.6 is 0 Å². The van der Waals surface area contributed by atoms with Crippen molar-refractivity contribution in [2.45, 2.75) is 13.3 Å². The van der Waals surface area contributed by atoms with Gasteiger partial charge < -0.3 is 14.5 Å². The first-order valence-corrected chi connectivity index (χ1v) is 10.1. The highest BCUT2D eigenvalue weighted by Gasteiger charge is 2.15. The van der Waals surface area contributed by atoms with E-state index in [4.69, 9.17) is 9.15 Å². The lowest BCUT2D eigenvalue weighted by Crippen LogP contribution is -2.30. The second kappa shape index (κ2) is 9.71. The number of rotatable bonds is 8. The van der Waals surface area contributed by atoms with Gasteiger partial charge >= 0.3 is 0 Å². The molecule has 0 aliphatic rings. The highest BCUT2D eigenvalue weighted by molar-refractivity contribution is 5.78. The molecule has 0 atom stereocenters. The number of carbonyl (C=O) groups is 1. The molecule has 0 unspecified atom stereocenters. The summed E-state index contributed by atoms with van der Waals surface area (Å²) in [6, 6.07) is 25.0. The third-order valence-corrected chi connectivity index (χ3v) is 4.90. The van der Waals surface area contributed by atoms with Gasteiger partial charge in [-0.15, -0.1) is 10.2 Å². The Morgan fingerprint density at radius 1 is 0.903 bits per heavy atom. The van der Waals surface area contributed by atoms with Gasteiger partial charge in [0.25, 0.3) is 11.8 Å². The summed E-state index contributed by atoms with van der Waals surface area (Å²) in [6.07, 6.45) is 0.777.